The molecule has 3 rings (SSSR count). The smallest absolute Gasteiger partial charge is 0.250 e. The second kappa shape index (κ2) is 5.95. The van der Waals surface area contributed by atoms with E-state index in [0.717, 1.165) is 30.4 Å². The number of carbonyl (C=O) groups is 1. The second-order valence-electron chi connectivity index (χ2n) is 5.16. The van der Waals surface area contributed by atoms with E-state index in [1.165, 1.54) is 12.0 Å². The molecular formula is C17H19N3O. The number of hydrogen-bond acceptors (Lipinski definition) is 2. The fourth-order valence-corrected chi connectivity index (χ4v) is 2.67. The van der Waals surface area contributed by atoms with Crippen molar-refractivity contribution in [2.75, 3.05) is 5.32 Å². The average Bonchev–Trinajstić information content (AvgIpc) is 3.12. The Morgan fingerprint density at radius 2 is 2.29 bits per heavy atom. The van der Waals surface area contributed by atoms with E-state index in [2.05, 4.69) is 16.4 Å². The molecule has 1 amide bonds. The van der Waals surface area contributed by atoms with Crippen molar-refractivity contribution < 1.29 is 4.79 Å². The van der Waals surface area contributed by atoms with E-state index in [-0.39, 0.29) is 5.91 Å². The lowest BCUT2D eigenvalue weighted by molar-refractivity contribution is -0.112. The van der Waals surface area contributed by atoms with Gasteiger partial charge in [0.2, 0.25) is 5.95 Å². The number of hydrogen-bond donors (Lipinski definition) is 1. The van der Waals surface area contributed by atoms with E-state index in [1.54, 1.807) is 6.08 Å². The number of aromatic nitrogens is 2. The number of fused-ring (bicyclic) bond motifs is 1. The van der Waals surface area contributed by atoms with E-state index in [9.17, 15) is 4.79 Å². The number of carbonyl (C=O) groups excluding carboxylic acids is 1. The SMILES string of the molecule is CCn1c(NC(=O)/C=C/C2=CCCC2)nc2ccccc21. The zero-order chi connectivity index (χ0) is 14.7. The molecule has 1 aromatic carbocycles. The third kappa shape index (κ3) is 2.89. The number of imidazole rings is 1. The van der Waals surface area contributed by atoms with Crippen molar-refractivity contribution in [3.05, 3.63) is 48.1 Å². The van der Waals surface area contributed by atoms with E-state index < -0.39 is 0 Å². The lowest BCUT2D eigenvalue weighted by Gasteiger charge is -2.05. The second-order valence-corrected chi connectivity index (χ2v) is 5.16. The largest absolute Gasteiger partial charge is 0.310 e. The molecule has 108 valence electrons. The van der Waals surface area contributed by atoms with Crippen molar-refractivity contribution in [3.63, 3.8) is 0 Å². The maximum atomic E-state index is 12.0. The molecular weight excluding hydrogens is 262 g/mol. The highest BCUT2D eigenvalue weighted by Gasteiger charge is 2.10. The van der Waals surface area contributed by atoms with E-state index in [0.29, 0.717) is 5.95 Å². The van der Waals surface area contributed by atoms with E-state index in [4.69, 9.17) is 0 Å². The lowest BCUT2D eigenvalue weighted by atomic mass is 10.2. The fraction of sp³-hybridized carbons (Fsp3) is 0.294. The Kier molecular flexibility index (Phi) is 3.86. The van der Waals surface area contributed by atoms with E-state index in [1.807, 2.05) is 41.8 Å². The highest BCUT2D eigenvalue weighted by atomic mass is 16.1. The summed E-state index contributed by atoms with van der Waals surface area (Å²) in [6.45, 7) is 2.81. The van der Waals surface area contributed by atoms with Gasteiger partial charge in [-0.15, -0.1) is 0 Å². The third-order valence-electron chi connectivity index (χ3n) is 3.73. The van der Waals surface area contributed by atoms with Gasteiger partial charge in [-0.2, -0.15) is 0 Å². The van der Waals surface area contributed by atoms with Crippen molar-refractivity contribution in [3.8, 4) is 0 Å². The predicted molar refractivity (Wildman–Crippen MR) is 85.1 cm³/mol. The molecule has 0 radical (unpaired) electrons. The van der Waals surface area contributed by atoms with Crippen LogP contribution in [0.25, 0.3) is 11.0 Å². The quantitative estimate of drug-likeness (QED) is 0.869. The van der Waals surface area contributed by atoms with Gasteiger partial charge in [-0.25, -0.2) is 4.98 Å². The first-order valence-electron chi connectivity index (χ1n) is 7.41. The number of aryl methyl sites for hydroxylation is 1. The van der Waals surface area contributed by atoms with Gasteiger partial charge in [0, 0.05) is 12.6 Å². The van der Waals surface area contributed by atoms with Crippen molar-refractivity contribution in [1.29, 1.82) is 0 Å². The third-order valence-corrected chi connectivity index (χ3v) is 3.73. The Bertz CT molecular complexity index is 725. The topological polar surface area (TPSA) is 46.9 Å². The van der Waals surface area contributed by atoms with Crippen molar-refractivity contribution in [1.82, 2.24) is 9.55 Å². The van der Waals surface area contributed by atoms with Crippen LogP contribution in [0.2, 0.25) is 0 Å². The predicted octanol–water partition coefficient (Wildman–Crippen LogP) is 3.66. The molecule has 4 heteroatoms. The number of nitrogens with one attached hydrogen (secondary N) is 1. The average molecular weight is 281 g/mol. The molecule has 0 fully saturated rings. The van der Waals surface area contributed by atoms with Crippen LogP contribution < -0.4 is 5.32 Å². The summed E-state index contributed by atoms with van der Waals surface area (Å²) in [7, 11) is 0. The van der Waals surface area contributed by atoms with Gasteiger partial charge in [0.15, 0.2) is 0 Å². The van der Waals surface area contributed by atoms with Crippen LogP contribution >= 0.6 is 0 Å². The van der Waals surface area contributed by atoms with Gasteiger partial charge in [-0.1, -0.05) is 29.9 Å². The van der Waals surface area contributed by atoms with Crippen LogP contribution in [-0.4, -0.2) is 15.5 Å². The Labute approximate surface area is 124 Å². The van der Waals surface area contributed by atoms with Gasteiger partial charge in [0.1, 0.15) is 0 Å². The van der Waals surface area contributed by atoms with Crippen molar-refractivity contribution in [2.24, 2.45) is 0 Å². The number of allylic oxidation sites excluding steroid dienone is 3. The summed E-state index contributed by atoms with van der Waals surface area (Å²) in [6.07, 6.45) is 9.06. The van der Waals surface area contributed by atoms with E-state index >= 15 is 0 Å². The molecule has 0 saturated heterocycles. The molecule has 4 nitrogen and oxygen atoms in total. The van der Waals surface area contributed by atoms with Crippen LogP contribution in [0, 0.1) is 0 Å². The summed E-state index contributed by atoms with van der Waals surface area (Å²) in [5, 5.41) is 2.87. The molecule has 0 atom stereocenters. The number of anilines is 1. The Balaban J connectivity index is 1.79. The maximum absolute atomic E-state index is 12.0. The monoisotopic (exact) mass is 281 g/mol. The summed E-state index contributed by atoms with van der Waals surface area (Å²) in [5.41, 5.74) is 3.18. The van der Waals surface area contributed by atoms with Gasteiger partial charge >= 0.3 is 0 Å². The number of amides is 1. The first kappa shape index (κ1) is 13.6. The molecule has 1 aliphatic carbocycles. The lowest BCUT2D eigenvalue weighted by Crippen LogP contribution is -2.13. The van der Waals surface area contributed by atoms with Gasteiger partial charge < -0.3 is 4.57 Å². The zero-order valence-corrected chi connectivity index (χ0v) is 12.2. The molecule has 1 heterocycles. The molecule has 2 aromatic rings. The number of rotatable bonds is 4. The van der Waals surface area contributed by atoms with Crippen LogP contribution in [0.3, 0.4) is 0 Å². The Morgan fingerprint density at radius 1 is 1.43 bits per heavy atom. The molecule has 0 bridgehead atoms. The minimum Gasteiger partial charge on any atom is -0.310 e. The fourth-order valence-electron chi connectivity index (χ4n) is 2.67. The summed E-state index contributed by atoms with van der Waals surface area (Å²) in [6, 6.07) is 7.90. The molecule has 1 N–H and O–H groups in total. The summed E-state index contributed by atoms with van der Waals surface area (Å²) >= 11 is 0. The molecule has 0 spiro atoms. The van der Waals surface area contributed by atoms with Gasteiger partial charge in [0.05, 0.1) is 11.0 Å². The van der Waals surface area contributed by atoms with Crippen LogP contribution in [0.5, 0.6) is 0 Å². The summed E-state index contributed by atoms with van der Waals surface area (Å²) < 4.78 is 2.01. The normalized spacial score (nSPS) is 14.8. The van der Waals surface area contributed by atoms with Gasteiger partial charge in [-0.05, 0) is 38.3 Å². The molecule has 0 saturated carbocycles. The minimum atomic E-state index is -0.132. The number of benzene rings is 1. The Hall–Kier alpha value is -2.36. The molecule has 1 aromatic heterocycles. The molecule has 0 aliphatic heterocycles. The highest BCUT2D eigenvalue weighted by molar-refractivity contribution is 5.99. The van der Waals surface area contributed by atoms with Gasteiger partial charge in [0.25, 0.3) is 5.91 Å². The summed E-state index contributed by atoms with van der Waals surface area (Å²) in [5.74, 6) is 0.474. The number of nitrogens with zero attached hydrogens (tertiary/aromatic N) is 2. The van der Waals surface area contributed by atoms with Crippen LogP contribution in [0.15, 0.2) is 48.1 Å². The summed E-state index contributed by atoms with van der Waals surface area (Å²) in [4.78, 5) is 16.5. The zero-order valence-electron chi connectivity index (χ0n) is 12.2. The number of para-hydroxylation sites is 2. The van der Waals surface area contributed by atoms with Crippen LogP contribution in [0.1, 0.15) is 26.2 Å². The van der Waals surface area contributed by atoms with Crippen molar-refractivity contribution >= 4 is 22.9 Å². The van der Waals surface area contributed by atoms with Crippen LogP contribution in [-0.2, 0) is 11.3 Å². The van der Waals surface area contributed by atoms with Crippen LogP contribution in [0.4, 0.5) is 5.95 Å². The minimum absolute atomic E-state index is 0.132. The van der Waals surface area contributed by atoms with Crippen molar-refractivity contribution in [2.45, 2.75) is 32.7 Å². The van der Waals surface area contributed by atoms with Gasteiger partial charge in [-0.3, -0.25) is 10.1 Å². The first-order chi connectivity index (χ1) is 10.3. The molecule has 0 unspecified atom stereocenters. The standard InChI is InChI=1S/C17H19N3O/c1-2-20-15-10-6-5-9-14(15)18-17(20)19-16(21)12-11-13-7-3-4-8-13/h5-7,9-12H,2-4,8H2,1H3,(H,18,19,21)/b12-11+. The first-order valence-corrected chi connectivity index (χ1v) is 7.41. The maximum Gasteiger partial charge on any atom is 0.250 e. The Morgan fingerprint density at radius 3 is 3.05 bits per heavy atom. The highest BCUT2D eigenvalue weighted by Crippen LogP contribution is 2.20. The molecule has 1 aliphatic rings. The molecule has 21 heavy (non-hydrogen) atoms.